The first-order valence-corrected chi connectivity index (χ1v) is 8.81. The summed E-state index contributed by atoms with van der Waals surface area (Å²) in [6, 6.07) is 5.02. The number of hydrogen-bond donors (Lipinski definition) is 2. The smallest absolute Gasteiger partial charge is 0.254 e. The summed E-state index contributed by atoms with van der Waals surface area (Å²) >= 11 is 7.23. The van der Waals surface area contributed by atoms with Crippen LogP contribution in [0, 0.1) is 0 Å². The quantitative estimate of drug-likeness (QED) is 0.628. The maximum Gasteiger partial charge on any atom is 0.254 e. The Hall–Kier alpha value is -1.99. The number of nitrogens with one attached hydrogen (secondary N) is 2. The third kappa shape index (κ3) is 3.73. The number of rotatable bonds is 5. The molecule has 1 aliphatic carbocycles. The first kappa shape index (κ1) is 16.9. The predicted molar refractivity (Wildman–Crippen MR) is 94.2 cm³/mol. The fraction of sp³-hybridized carbons (Fsp3) is 0.312. The molecule has 3 rings (SSSR count). The molecule has 2 aromatic rings. The number of carbonyl (C=O) groups is 1. The number of benzene rings is 1. The largest absolute Gasteiger partial charge is 0.495 e. The third-order valence-corrected chi connectivity index (χ3v) is 4.86. The van der Waals surface area contributed by atoms with Crippen molar-refractivity contribution in [2.75, 3.05) is 18.2 Å². The monoisotopic (exact) mass is 365 g/mol. The summed E-state index contributed by atoms with van der Waals surface area (Å²) in [7, 11) is 1.53. The number of aromatic nitrogens is 2. The van der Waals surface area contributed by atoms with Gasteiger partial charge < -0.3 is 15.0 Å². The van der Waals surface area contributed by atoms with E-state index >= 15 is 0 Å². The van der Waals surface area contributed by atoms with E-state index in [0.29, 0.717) is 21.6 Å². The van der Waals surface area contributed by atoms with Gasteiger partial charge in [-0.1, -0.05) is 23.4 Å². The van der Waals surface area contributed by atoms with Gasteiger partial charge in [0.15, 0.2) is 5.16 Å². The van der Waals surface area contributed by atoms with E-state index in [-0.39, 0.29) is 17.2 Å². The van der Waals surface area contributed by atoms with Gasteiger partial charge in [0.05, 0.1) is 23.6 Å². The van der Waals surface area contributed by atoms with Gasteiger partial charge in [0.1, 0.15) is 5.75 Å². The molecule has 6 nitrogen and oxygen atoms in total. The Bertz CT molecular complexity index is 838. The summed E-state index contributed by atoms with van der Waals surface area (Å²) in [5.41, 5.74) is 2.12. The zero-order valence-electron chi connectivity index (χ0n) is 13.0. The van der Waals surface area contributed by atoms with Crippen LogP contribution in [0.25, 0.3) is 0 Å². The van der Waals surface area contributed by atoms with Gasteiger partial charge in [-0.3, -0.25) is 9.59 Å². The Balaban J connectivity index is 1.61. The maximum atomic E-state index is 12.0. The molecule has 1 aliphatic rings. The number of halogens is 1. The number of amides is 1. The second-order valence-corrected chi connectivity index (χ2v) is 6.71. The van der Waals surface area contributed by atoms with Crippen LogP contribution in [0.4, 0.5) is 5.69 Å². The summed E-state index contributed by atoms with van der Waals surface area (Å²) in [5, 5.41) is 3.65. The Kier molecular flexibility index (Phi) is 5.11. The maximum absolute atomic E-state index is 12.0. The number of aryl methyl sites for hydroxylation is 1. The number of aromatic amines is 1. The zero-order valence-corrected chi connectivity index (χ0v) is 14.6. The van der Waals surface area contributed by atoms with Crippen LogP contribution < -0.4 is 15.6 Å². The van der Waals surface area contributed by atoms with Crippen molar-refractivity contribution in [3.63, 3.8) is 0 Å². The summed E-state index contributed by atoms with van der Waals surface area (Å²) in [6.07, 6.45) is 2.56. The number of nitrogens with zero attached hydrogens (tertiary/aromatic N) is 1. The average Bonchev–Trinajstić information content (AvgIpc) is 3.02. The highest BCUT2D eigenvalue weighted by atomic mass is 35.5. The topological polar surface area (TPSA) is 84.1 Å². The average molecular weight is 366 g/mol. The first-order chi connectivity index (χ1) is 11.6. The SMILES string of the molecule is COc1ccc(NC(=O)CSc2nc3c(c(=O)[nH]2)CCC3)cc1Cl. The van der Waals surface area contributed by atoms with Gasteiger partial charge >= 0.3 is 0 Å². The standard InChI is InChI=1S/C16H16ClN3O3S/c1-23-13-6-5-9(7-11(13)17)18-14(21)8-24-16-19-12-4-2-3-10(12)15(22)20-16/h5-7H,2-4,8H2,1H3,(H,18,21)(H,19,20,22). The van der Waals surface area contributed by atoms with Crippen molar-refractivity contribution >= 4 is 35.0 Å². The molecule has 1 aromatic heterocycles. The fourth-order valence-electron chi connectivity index (χ4n) is 2.56. The summed E-state index contributed by atoms with van der Waals surface area (Å²) < 4.78 is 5.07. The Morgan fingerprint density at radius 1 is 1.46 bits per heavy atom. The normalized spacial score (nSPS) is 12.8. The minimum atomic E-state index is -0.204. The van der Waals surface area contributed by atoms with E-state index in [4.69, 9.17) is 16.3 Å². The lowest BCUT2D eigenvalue weighted by Crippen LogP contribution is -2.17. The lowest BCUT2D eigenvalue weighted by Gasteiger charge is -2.08. The van der Waals surface area contributed by atoms with E-state index in [1.807, 2.05) is 0 Å². The lowest BCUT2D eigenvalue weighted by molar-refractivity contribution is -0.113. The minimum Gasteiger partial charge on any atom is -0.495 e. The van der Waals surface area contributed by atoms with Gasteiger partial charge in [0.25, 0.3) is 5.56 Å². The van der Waals surface area contributed by atoms with Gasteiger partial charge in [-0.2, -0.15) is 0 Å². The number of ether oxygens (including phenoxy) is 1. The van der Waals surface area contributed by atoms with Gasteiger partial charge in [0, 0.05) is 11.3 Å². The predicted octanol–water partition coefficient (Wildman–Crippen LogP) is 2.65. The van der Waals surface area contributed by atoms with Crippen molar-refractivity contribution in [2.45, 2.75) is 24.4 Å². The number of thioether (sulfide) groups is 1. The number of methoxy groups -OCH3 is 1. The lowest BCUT2D eigenvalue weighted by atomic mass is 10.3. The van der Waals surface area contributed by atoms with E-state index in [1.54, 1.807) is 18.2 Å². The molecule has 0 fully saturated rings. The van der Waals surface area contributed by atoms with Gasteiger partial charge in [0.2, 0.25) is 5.91 Å². The summed E-state index contributed by atoms with van der Waals surface area (Å²) in [6.45, 7) is 0. The molecule has 8 heteroatoms. The molecule has 0 saturated carbocycles. The molecule has 0 atom stereocenters. The number of hydrogen-bond acceptors (Lipinski definition) is 5. The highest BCUT2D eigenvalue weighted by Gasteiger charge is 2.17. The van der Waals surface area contributed by atoms with Crippen LogP contribution in [0.15, 0.2) is 28.2 Å². The molecular weight excluding hydrogens is 350 g/mol. The Morgan fingerprint density at radius 2 is 2.29 bits per heavy atom. The number of anilines is 1. The van der Waals surface area contributed by atoms with Gasteiger partial charge in [-0.05, 0) is 37.5 Å². The van der Waals surface area contributed by atoms with E-state index in [2.05, 4.69) is 15.3 Å². The van der Waals surface area contributed by atoms with Crippen molar-refractivity contribution in [3.05, 3.63) is 44.8 Å². The molecule has 0 unspecified atom stereocenters. The van der Waals surface area contributed by atoms with Crippen LogP contribution in [0.2, 0.25) is 5.02 Å². The Morgan fingerprint density at radius 3 is 3.04 bits per heavy atom. The molecule has 0 bridgehead atoms. The van der Waals surface area contributed by atoms with Crippen molar-refractivity contribution in [1.29, 1.82) is 0 Å². The summed E-state index contributed by atoms with van der Waals surface area (Å²) in [4.78, 5) is 31.1. The highest BCUT2D eigenvalue weighted by molar-refractivity contribution is 7.99. The van der Waals surface area contributed by atoms with Gasteiger partial charge in [-0.15, -0.1) is 0 Å². The Labute approximate surface area is 148 Å². The molecule has 0 spiro atoms. The molecule has 0 aliphatic heterocycles. The minimum absolute atomic E-state index is 0.0951. The first-order valence-electron chi connectivity index (χ1n) is 7.45. The van der Waals surface area contributed by atoms with Crippen molar-refractivity contribution in [2.24, 2.45) is 0 Å². The molecule has 1 heterocycles. The van der Waals surface area contributed by atoms with Crippen LogP contribution in [0.5, 0.6) is 5.75 Å². The second-order valence-electron chi connectivity index (χ2n) is 5.34. The fourth-order valence-corrected chi connectivity index (χ4v) is 3.50. The number of H-pyrrole nitrogens is 1. The van der Waals surface area contributed by atoms with E-state index in [1.165, 1.54) is 18.9 Å². The second kappa shape index (κ2) is 7.27. The molecule has 24 heavy (non-hydrogen) atoms. The van der Waals surface area contributed by atoms with Crippen LogP contribution in [0.1, 0.15) is 17.7 Å². The summed E-state index contributed by atoms with van der Waals surface area (Å²) in [5.74, 6) is 0.485. The molecular formula is C16H16ClN3O3S. The number of carbonyl (C=O) groups excluding carboxylic acids is 1. The van der Waals surface area contributed by atoms with Crippen molar-refractivity contribution in [1.82, 2.24) is 9.97 Å². The van der Waals surface area contributed by atoms with E-state index in [9.17, 15) is 9.59 Å². The molecule has 0 saturated heterocycles. The van der Waals surface area contributed by atoms with Crippen LogP contribution in [-0.4, -0.2) is 28.7 Å². The van der Waals surface area contributed by atoms with Crippen molar-refractivity contribution < 1.29 is 9.53 Å². The van der Waals surface area contributed by atoms with Crippen LogP contribution >= 0.6 is 23.4 Å². The number of fused-ring (bicyclic) bond motifs is 1. The molecule has 0 radical (unpaired) electrons. The molecule has 1 amide bonds. The van der Waals surface area contributed by atoms with Crippen LogP contribution in [-0.2, 0) is 17.6 Å². The molecule has 126 valence electrons. The third-order valence-electron chi connectivity index (χ3n) is 3.70. The highest BCUT2D eigenvalue weighted by Crippen LogP contribution is 2.27. The molecule has 2 N–H and O–H groups in total. The van der Waals surface area contributed by atoms with Gasteiger partial charge in [-0.25, -0.2) is 4.98 Å². The van der Waals surface area contributed by atoms with E-state index < -0.39 is 0 Å². The van der Waals surface area contributed by atoms with E-state index in [0.717, 1.165) is 30.5 Å². The van der Waals surface area contributed by atoms with Crippen LogP contribution in [0.3, 0.4) is 0 Å². The van der Waals surface area contributed by atoms with Crippen molar-refractivity contribution in [3.8, 4) is 5.75 Å². The molecule has 1 aromatic carbocycles. The zero-order chi connectivity index (χ0) is 17.1.